The maximum Gasteiger partial charge on any atom is 0.203 e. The highest BCUT2D eigenvalue weighted by atomic mass is 16.5. The summed E-state index contributed by atoms with van der Waals surface area (Å²) < 4.78 is 21.6. The van der Waals surface area contributed by atoms with E-state index in [0.29, 0.717) is 36.1 Å². The summed E-state index contributed by atoms with van der Waals surface area (Å²) in [5.41, 5.74) is 0. The minimum Gasteiger partial charge on any atom is -0.493 e. The summed E-state index contributed by atoms with van der Waals surface area (Å²) in [5, 5.41) is 3.09. The predicted molar refractivity (Wildman–Crippen MR) is 77.9 cm³/mol. The Morgan fingerprint density at radius 3 is 2.20 bits per heavy atom. The molecule has 1 aromatic carbocycles. The zero-order chi connectivity index (χ0) is 15.0. The van der Waals surface area contributed by atoms with Gasteiger partial charge in [0.2, 0.25) is 5.75 Å². The Kier molecular flexibility index (Phi) is 6.54. The lowest BCUT2D eigenvalue weighted by Gasteiger charge is -2.18. The minimum atomic E-state index is -0.0360. The fraction of sp³-hybridized carbons (Fsp3) is 0.467. The maximum atomic E-state index is 5.80. The van der Waals surface area contributed by atoms with Crippen molar-refractivity contribution in [2.75, 3.05) is 34.4 Å². The van der Waals surface area contributed by atoms with Crippen LogP contribution in [0.1, 0.15) is 6.92 Å². The van der Waals surface area contributed by atoms with Crippen LogP contribution in [0.25, 0.3) is 0 Å². The van der Waals surface area contributed by atoms with E-state index in [9.17, 15) is 0 Å². The van der Waals surface area contributed by atoms with E-state index >= 15 is 0 Å². The van der Waals surface area contributed by atoms with Gasteiger partial charge in [-0.2, -0.15) is 0 Å². The number of benzene rings is 1. The van der Waals surface area contributed by atoms with E-state index in [1.165, 1.54) is 0 Å². The lowest BCUT2D eigenvalue weighted by atomic mass is 10.2. The quantitative estimate of drug-likeness (QED) is 0.580. The van der Waals surface area contributed by atoms with Gasteiger partial charge in [0.25, 0.3) is 0 Å². The summed E-state index contributed by atoms with van der Waals surface area (Å²) in [6.07, 6.45) is 5.14. The number of nitrogens with one attached hydrogen (secondary N) is 1. The van der Waals surface area contributed by atoms with Crippen molar-refractivity contribution < 1.29 is 18.9 Å². The van der Waals surface area contributed by atoms with E-state index in [2.05, 4.69) is 11.2 Å². The number of terminal acetylenes is 1. The second-order valence-electron chi connectivity index (χ2n) is 4.12. The van der Waals surface area contributed by atoms with Gasteiger partial charge in [-0.05, 0) is 6.92 Å². The zero-order valence-electron chi connectivity index (χ0n) is 12.4. The average molecular weight is 279 g/mol. The molecule has 1 N–H and O–H groups in total. The van der Waals surface area contributed by atoms with Gasteiger partial charge in [0.15, 0.2) is 11.5 Å². The fourth-order valence-electron chi connectivity index (χ4n) is 1.75. The van der Waals surface area contributed by atoms with Gasteiger partial charge in [0.05, 0.1) is 27.9 Å². The normalized spacial score (nSPS) is 11.3. The van der Waals surface area contributed by atoms with Crippen molar-refractivity contribution in [3.8, 4) is 35.3 Å². The molecule has 1 atom stereocenters. The SMILES string of the molecule is C#CCNCC(C)Oc1cc(OC)c(OC)c(OC)c1. The van der Waals surface area contributed by atoms with Crippen LogP contribution in [0.15, 0.2) is 12.1 Å². The first-order chi connectivity index (χ1) is 9.65. The molecular weight excluding hydrogens is 258 g/mol. The number of rotatable bonds is 8. The van der Waals surface area contributed by atoms with Crippen molar-refractivity contribution in [2.45, 2.75) is 13.0 Å². The lowest BCUT2D eigenvalue weighted by Crippen LogP contribution is -2.29. The van der Waals surface area contributed by atoms with Gasteiger partial charge < -0.3 is 24.3 Å². The Bertz CT molecular complexity index is 442. The summed E-state index contributed by atoms with van der Waals surface area (Å²) in [6, 6.07) is 3.53. The molecule has 0 fully saturated rings. The summed E-state index contributed by atoms with van der Waals surface area (Å²) in [4.78, 5) is 0. The van der Waals surface area contributed by atoms with E-state index in [0.717, 1.165) is 0 Å². The molecule has 0 heterocycles. The predicted octanol–water partition coefficient (Wildman–Crippen LogP) is 1.70. The Morgan fingerprint density at radius 2 is 1.75 bits per heavy atom. The summed E-state index contributed by atoms with van der Waals surface area (Å²) >= 11 is 0. The van der Waals surface area contributed by atoms with Gasteiger partial charge >= 0.3 is 0 Å². The summed E-state index contributed by atoms with van der Waals surface area (Å²) in [5.74, 6) is 4.83. The molecule has 5 nitrogen and oxygen atoms in total. The van der Waals surface area contributed by atoms with Crippen LogP contribution < -0.4 is 24.3 Å². The van der Waals surface area contributed by atoms with Crippen LogP contribution in [0.5, 0.6) is 23.0 Å². The third-order valence-electron chi connectivity index (χ3n) is 2.63. The van der Waals surface area contributed by atoms with Crippen molar-refractivity contribution in [1.29, 1.82) is 0 Å². The molecule has 0 aromatic heterocycles. The Morgan fingerprint density at radius 1 is 1.15 bits per heavy atom. The monoisotopic (exact) mass is 279 g/mol. The molecule has 0 spiro atoms. The third-order valence-corrected chi connectivity index (χ3v) is 2.63. The Balaban J connectivity index is 2.83. The largest absolute Gasteiger partial charge is 0.493 e. The molecule has 0 bridgehead atoms. The summed E-state index contributed by atoms with van der Waals surface area (Å²) in [7, 11) is 4.70. The van der Waals surface area contributed by atoms with Crippen LogP contribution in [0, 0.1) is 12.3 Å². The van der Waals surface area contributed by atoms with Crippen LogP contribution in [-0.4, -0.2) is 40.5 Å². The smallest absolute Gasteiger partial charge is 0.203 e. The van der Waals surface area contributed by atoms with Gasteiger partial charge in [-0.1, -0.05) is 5.92 Å². The molecule has 0 saturated heterocycles. The Hall–Kier alpha value is -2.06. The number of hydrogen-bond donors (Lipinski definition) is 1. The number of hydrogen-bond acceptors (Lipinski definition) is 5. The van der Waals surface area contributed by atoms with E-state index < -0.39 is 0 Å². The van der Waals surface area contributed by atoms with Crippen molar-refractivity contribution in [2.24, 2.45) is 0 Å². The van der Waals surface area contributed by atoms with Crippen LogP contribution in [0.2, 0.25) is 0 Å². The molecule has 110 valence electrons. The van der Waals surface area contributed by atoms with Gasteiger partial charge in [-0.15, -0.1) is 6.42 Å². The van der Waals surface area contributed by atoms with Gasteiger partial charge in [-0.25, -0.2) is 0 Å². The molecule has 0 aliphatic heterocycles. The van der Waals surface area contributed by atoms with Gasteiger partial charge in [0.1, 0.15) is 11.9 Å². The van der Waals surface area contributed by atoms with Crippen LogP contribution in [-0.2, 0) is 0 Å². The number of ether oxygens (including phenoxy) is 4. The molecule has 20 heavy (non-hydrogen) atoms. The minimum absolute atomic E-state index is 0.0360. The zero-order valence-corrected chi connectivity index (χ0v) is 12.4. The van der Waals surface area contributed by atoms with Crippen molar-refractivity contribution >= 4 is 0 Å². The highest BCUT2D eigenvalue weighted by Gasteiger charge is 2.15. The molecule has 0 amide bonds. The molecule has 0 aliphatic carbocycles. The molecule has 0 aliphatic rings. The molecule has 1 rings (SSSR count). The van der Waals surface area contributed by atoms with Crippen molar-refractivity contribution in [3.05, 3.63) is 12.1 Å². The second-order valence-corrected chi connectivity index (χ2v) is 4.12. The maximum absolute atomic E-state index is 5.80. The second kappa shape index (κ2) is 8.18. The average Bonchev–Trinajstić information content (AvgIpc) is 2.46. The topological polar surface area (TPSA) is 49.0 Å². The first kappa shape index (κ1) is 16.0. The highest BCUT2D eigenvalue weighted by molar-refractivity contribution is 5.55. The van der Waals surface area contributed by atoms with E-state index in [-0.39, 0.29) is 6.10 Å². The first-order valence-corrected chi connectivity index (χ1v) is 6.27. The van der Waals surface area contributed by atoms with Crippen LogP contribution in [0.3, 0.4) is 0 Å². The van der Waals surface area contributed by atoms with Crippen molar-refractivity contribution in [1.82, 2.24) is 5.32 Å². The summed E-state index contributed by atoms with van der Waals surface area (Å²) in [6.45, 7) is 3.12. The molecule has 5 heteroatoms. The number of methoxy groups -OCH3 is 3. The Labute approximate surface area is 120 Å². The molecule has 0 saturated carbocycles. The molecule has 1 aromatic rings. The fourth-order valence-corrected chi connectivity index (χ4v) is 1.75. The van der Waals surface area contributed by atoms with Crippen molar-refractivity contribution in [3.63, 3.8) is 0 Å². The van der Waals surface area contributed by atoms with E-state index in [1.54, 1.807) is 33.5 Å². The standard InChI is InChI=1S/C15H21NO4/c1-6-7-16-10-11(2)20-12-8-13(17-3)15(19-5)14(9-12)18-4/h1,8-9,11,16H,7,10H2,2-5H3. The van der Waals surface area contributed by atoms with E-state index in [1.807, 2.05) is 6.92 Å². The van der Waals surface area contributed by atoms with E-state index in [4.69, 9.17) is 25.4 Å². The van der Waals surface area contributed by atoms with Gasteiger partial charge in [0, 0.05) is 18.7 Å². The highest BCUT2D eigenvalue weighted by Crippen LogP contribution is 2.40. The lowest BCUT2D eigenvalue weighted by molar-refractivity contribution is 0.216. The van der Waals surface area contributed by atoms with Crippen LogP contribution in [0.4, 0.5) is 0 Å². The molecular formula is C15H21NO4. The van der Waals surface area contributed by atoms with Crippen LogP contribution >= 0.6 is 0 Å². The third kappa shape index (κ3) is 4.25. The van der Waals surface area contributed by atoms with Gasteiger partial charge in [-0.3, -0.25) is 0 Å². The first-order valence-electron chi connectivity index (χ1n) is 6.27. The molecule has 0 radical (unpaired) electrons. The molecule has 1 unspecified atom stereocenters.